The minimum Gasteiger partial charge on any atom is -0.286 e. The maximum atomic E-state index is 12.2. The van der Waals surface area contributed by atoms with E-state index in [1.165, 1.54) is 0 Å². The molecule has 3 nitrogen and oxygen atoms in total. The van der Waals surface area contributed by atoms with Crippen molar-refractivity contribution in [1.29, 1.82) is 0 Å². The van der Waals surface area contributed by atoms with E-state index in [4.69, 9.17) is 0 Å². The predicted molar refractivity (Wildman–Crippen MR) is 76.8 cm³/mol. The summed E-state index contributed by atoms with van der Waals surface area (Å²) in [5.74, 6) is -0.0337. The fourth-order valence-electron chi connectivity index (χ4n) is 1.82. The largest absolute Gasteiger partial charge is 0.286 e. The van der Waals surface area contributed by atoms with Crippen molar-refractivity contribution in [3.8, 4) is 11.0 Å². The number of carbonyl (C=O) groups is 1. The highest BCUT2D eigenvalue weighted by Gasteiger charge is 2.13. The molecule has 0 spiro atoms. The summed E-state index contributed by atoms with van der Waals surface area (Å²) in [6.45, 7) is 0. The summed E-state index contributed by atoms with van der Waals surface area (Å²) in [5.41, 5.74) is 3.10. The minimum absolute atomic E-state index is 0.0337. The van der Waals surface area contributed by atoms with Crippen LogP contribution in [-0.4, -0.2) is 16.0 Å². The van der Waals surface area contributed by atoms with Crippen molar-refractivity contribution in [2.45, 2.75) is 0 Å². The molecule has 4 heteroatoms. The summed E-state index contributed by atoms with van der Waals surface area (Å²) < 4.78 is 0. The first kappa shape index (κ1) is 11.8. The molecule has 0 amide bonds. The summed E-state index contributed by atoms with van der Waals surface area (Å²) in [4.78, 5) is 12.2. The monoisotopic (exact) mass is 266 g/mol. The van der Waals surface area contributed by atoms with E-state index in [9.17, 15) is 4.79 Å². The van der Waals surface area contributed by atoms with Crippen molar-refractivity contribution in [2.24, 2.45) is 0 Å². The molecule has 3 rings (SSSR count). The zero-order valence-corrected chi connectivity index (χ0v) is 11.1. The van der Waals surface area contributed by atoms with Crippen LogP contribution in [0.1, 0.15) is 15.8 Å². The zero-order valence-electron chi connectivity index (χ0n) is 10.1. The second-order valence-corrected chi connectivity index (χ2v) is 5.28. The van der Waals surface area contributed by atoms with Gasteiger partial charge in [-0.1, -0.05) is 68.9 Å². The van der Waals surface area contributed by atoms with Gasteiger partial charge in [-0.15, -0.1) is 10.2 Å². The molecule has 0 aliphatic rings. The second kappa shape index (κ2) is 5.17. The molecule has 0 saturated carbocycles. The average molecular weight is 266 g/mol. The van der Waals surface area contributed by atoms with Gasteiger partial charge in [0.05, 0.1) is 0 Å². The second-order valence-electron chi connectivity index (χ2n) is 4.08. The maximum absolute atomic E-state index is 12.2. The molecule has 0 bridgehead atoms. The smallest absolute Gasteiger partial charge is 0.217 e. The van der Waals surface area contributed by atoms with Crippen molar-refractivity contribution in [3.05, 3.63) is 71.7 Å². The summed E-state index contributed by atoms with van der Waals surface area (Å²) in [7, 11) is 0.225. The van der Waals surface area contributed by atoms with Crippen LogP contribution >= 0.6 is 8.19 Å². The molecule has 0 aliphatic heterocycles. The standard InChI is InChI=1S/C15H11N2OP/c18-13(11-7-3-1-4-8-11)15-17-16-14(19-15)12-9-5-2-6-10-12/h1-10,19H. The molecule has 0 radical (unpaired) electrons. The van der Waals surface area contributed by atoms with Crippen molar-refractivity contribution >= 4 is 14.0 Å². The van der Waals surface area contributed by atoms with Crippen molar-refractivity contribution in [1.82, 2.24) is 10.2 Å². The van der Waals surface area contributed by atoms with Gasteiger partial charge >= 0.3 is 0 Å². The molecule has 0 aliphatic carbocycles. The molecular weight excluding hydrogens is 255 g/mol. The van der Waals surface area contributed by atoms with E-state index in [0.29, 0.717) is 11.0 Å². The van der Waals surface area contributed by atoms with E-state index in [1.807, 2.05) is 48.5 Å². The molecule has 0 saturated heterocycles. The van der Waals surface area contributed by atoms with Gasteiger partial charge in [-0.3, -0.25) is 4.79 Å². The van der Waals surface area contributed by atoms with Crippen molar-refractivity contribution < 1.29 is 4.79 Å². The normalized spacial score (nSPS) is 10.7. The lowest BCUT2D eigenvalue weighted by atomic mass is 10.1. The van der Waals surface area contributed by atoms with Gasteiger partial charge in [-0.2, -0.15) is 0 Å². The van der Waals surface area contributed by atoms with Gasteiger partial charge in [-0.25, -0.2) is 0 Å². The third-order valence-corrected chi connectivity index (χ3v) is 3.97. The first-order valence-electron chi connectivity index (χ1n) is 5.92. The van der Waals surface area contributed by atoms with E-state index in [2.05, 4.69) is 10.2 Å². The van der Waals surface area contributed by atoms with Gasteiger partial charge in [0.25, 0.3) is 0 Å². The molecule has 0 fully saturated rings. The third-order valence-electron chi connectivity index (χ3n) is 2.79. The Morgan fingerprint density at radius 1 is 0.842 bits per heavy atom. The zero-order chi connectivity index (χ0) is 13.1. The van der Waals surface area contributed by atoms with Gasteiger partial charge in [0.2, 0.25) is 5.78 Å². The molecule has 92 valence electrons. The summed E-state index contributed by atoms with van der Waals surface area (Å²) >= 11 is 0. The van der Waals surface area contributed by atoms with Crippen LogP contribution in [0.15, 0.2) is 60.7 Å². The lowest BCUT2D eigenvalue weighted by Crippen LogP contribution is -1.99. The Morgan fingerprint density at radius 2 is 1.47 bits per heavy atom. The van der Waals surface area contributed by atoms with Crippen LogP contribution < -0.4 is 0 Å². The van der Waals surface area contributed by atoms with E-state index >= 15 is 0 Å². The molecule has 19 heavy (non-hydrogen) atoms. The first-order chi connectivity index (χ1) is 9.34. The maximum Gasteiger partial charge on any atom is 0.217 e. The molecule has 1 unspecified atom stereocenters. The highest BCUT2D eigenvalue weighted by Crippen LogP contribution is 2.28. The van der Waals surface area contributed by atoms with Crippen LogP contribution in [0.25, 0.3) is 11.0 Å². The SMILES string of the molecule is O=C(c1ccccc1)c1nnc(-c2ccccc2)[pH]1. The highest BCUT2D eigenvalue weighted by atomic mass is 31.0. The number of aromatic nitrogens is 2. The topological polar surface area (TPSA) is 42.9 Å². The Kier molecular flexibility index (Phi) is 3.21. The van der Waals surface area contributed by atoms with Gasteiger partial charge in [0, 0.05) is 11.1 Å². The fourth-order valence-corrected chi connectivity index (χ4v) is 2.81. The molecule has 1 atom stereocenters. The Bertz CT molecular complexity index is 692. The number of nitrogens with zero attached hydrogens (tertiary/aromatic N) is 2. The predicted octanol–water partition coefficient (Wildman–Crippen LogP) is 3.41. The van der Waals surface area contributed by atoms with Gasteiger partial charge < -0.3 is 0 Å². The number of rotatable bonds is 3. The Balaban J connectivity index is 1.92. The van der Waals surface area contributed by atoms with Crippen LogP contribution in [0, 0.1) is 0 Å². The Hall–Kier alpha value is -2.25. The van der Waals surface area contributed by atoms with E-state index in [-0.39, 0.29) is 14.0 Å². The van der Waals surface area contributed by atoms with Gasteiger partial charge in [0.1, 0.15) is 5.43 Å². The minimum atomic E-state index is -0.0337. The summed E-state index contributed by atoms with van der Waals surface area (Å²) in [6.07, 6.45) is 0. The van der Waals surface area contributed by atoms with E-state index in [0.717, 1.165) is 11.0 Å². The summed E-state index contributed by atoms with van der Waals surface area (Å²) in [5, 5.41) is 8.17. The van der Waals surface area contributed by atoms with Crippen molar-refractivity contribution in [3.63, 3.8) is 0 Å². The van der Waals surface area contributed by atoms with E-state index in [1.54, 1.807) is 12.1 Å². The Morgan fingerprint density at radius 3 is 2.16 bits per heavy atom. The summed E-state index contributed by atoms with van der Waals surface area (Å²) in [6, 6.07) is 19.0. The van der Waals surface area contributed by atoms with Gasteiger partial charge in [0.15, 0.2) is 5.43 Å². The molecular formula is C15H11N2OP. The number of ketones is 1. The lowest BCUT2D eigenvalue weighted by Gasteiger charge is -1.95. The molecule has 2 aromatic carbocycles. The number of carbonyl (C=O) groups excluding carboxylic acids is 1. The first-order valence-corrected chi connectivity index (χ1v) is 6.92. The van der Waals surface area contributed by atoms with E-state index < -0.39 is 0 Å². The molecule has 1 aromatic heterocycles. The van der Waals surface area contributed by atoms with Crippen LogP contribution in [0.3, 0.4) is 0 Å². The third kappa shape index (κ3) is 2.47. The number of benzene rings is 2. The van der Waals surface area contributed by atoms with Crippen LogP contribution in [0.4, 0.5) is 0 Å². The van der Waals surface area contributed by atoms with Gasteiger partial charge in [-0.05, 0) is 0 Å². The molecule has 0 N–H and O–H groups in total. The molecule has 3 aromatic rings. The quantitative estimate of drug-likeness (QED) is 0.682. The Labute approximate surface area is 112 Å². The van der Waals surface area contributed by atoms with Crippen molar-refractivity contribution in [2.75, 3.05) is 0 Å². The average Bonchev–Trinajstić information content (AvgIpc) is 2.98. The number of hydrogen-bond donors (Lipinski definition) is 0. The lowest BCUT2D eigenvalue weighted by molar-refractivity contribution is 0.103. The number of hydrogen-bond acceptors (Lipinski definition) is 3. The van der Waals surface area contributed by atoms with Crippen LogP contribution in [-0.2, 0) is 0 Å². The fraction of sp³-hybridized carbons (Fsp3) is 0. The molecule has 1 heterocycles. The van der Waals surface area contributed by atoms with Crippen LogP contribution in [0.5, 0.6) is 0 Å². The highest BCUT2D eigenvalue weighted by molar-refractivity contribution is 7.35. The van der Waals surface area contributed by atoms with Crippen LogP contribution in [0.2, 0.25) is 0 Å².